The van der Waals surface area contributed by atoms with Gasteiger partial charge in [-0.15, -0.1) is 0 Å². The quantitative estimate of drug-likeness (QED) is 0.908. The molecule has 0 aliphatic rings. The van der Waals surface area contributed by atoms with Gasteiger partial charge in [-0.1, -0.05) is 35.9 Å². The summed E-state index contributed by atoms with van der Waals surface area (Å²) in [4.78, 5) is 0. The summed E-state index contributed by atoms with van der Waals surface area (Å²) < 4.78 is 18.5. The second-order valence-corrected chi connectivity index (χ2v) is 4.63. The fourth-order valence-corrected chi connectivity index (χ4v) is 1.87. The van der Waals surface area contributed by atoms with Crippen LogP contribution >= 0.6 is 11.6 Å². The van der Waals surface area contributed by atoms with Crippen molar-refractivity contribution in [1.29, 1.82) is 0 Å². The number of hydrogen-bond acceptors (Lipinski definition) is 2. The van der Waals surface area contributed by atoms with Gasteiger partial charge in [0.15, 0.2) is 0 Å². The predicted molar refractivity (Wildman–Crippen MR) is 74.9 cm³/mol. The third-order valence-electron chi connectivity index (χ3n) is 2.75. The van der Waals surface area contributed by atoms with Gasteiger partial charge in [-0.2, -0.15) is 0 Å². The highest BCUT2D eigenvalue weighted by Gasteiger charge is 2.02. The molecular formula is C15H15ClFNO. The van der Waals surface area contributed by atoms with Crippen LogP contribution in [-0.2, 0) is 13.0 Å². The topological polar surface area (TPSA) is 35.2 Å². The van der Waals surface area contributed by atoms with E-state index in [-0.39, 0.29) is 5.02 Å². The molecule has 0 heterocycles. The van der Waals surface area contributed by atoms with Crippen molar-refractivity contribution in [3.63, 3.8) is 0 Å². The summed E-state index contributed by atoms with van der Waals surface area (Å²) in [6, 6.07) is 12.4. The molecule has 0 amide bonds. The minimum atomic E-state index is -0.444. The Kier molecular flexibility index (Phi) is 4.77. The van der Waals surface area contributed by atoms with Crippen molar-refractivity contribution in [2.45, 2.75) is 13.0 Å². The number of nitrogens with two attached hydrogens (primary N) is 1. The minimum Gasteiger partial charge on any atom is -0.489 e. The van der Waals surface area contributed by atoms with Crippen LogP contribution in [0.1, 0.15) is 11.1 Å². The van der Waals surface area contributed by atoms with Crippen LogP contribution < -0.4 is 10.5 Å². The lowest BCUT2D eigenvalue weighted by molar-refractivity contribution is 0.306. The number of halogens is 2. The second-order valence-electron chi connectivity index (χ2n) is 4.22. The third kappa shape index (κ3) is 3.94. The SMILES string of the molecule is NCCc1ccc(COc2ccc(F)c(Cl)c2)cc1. The lowest BCUT2D eigenvalue weighted by Crippen LogP contribution is -2.03. The molecule has 2 aromatic carbocycles. The summed E-state index contributed by atoms with van der Waals surface area (Å²) in [5.41, 5.74) is 7.74. The first-order valence-electron chi connectivity index (χ1n) is 6.05. The van der Waals surface area contributed by atoms with Crippen molar-refractivity contribution in [2.75, 3.05) is 6.54 Å². The van der Waals surface area contributed by atoms with Crippen molar-refractivity contribution in [3.05, 3.63) is 64.4 Å². The lowest BCUT2D eigenvalue weighted by atomic mass is 10.1. The van der Waals surface area contributed by atoms with E-state index in [1.54, 1.807) is 6.07 Å². The molecule has 100 valence electrons. The highest BCUT2D eigenvalue weighted by Crippen LogP contribution is 2.21. The van der Waals surface area contributed by atoms with Gasteiger partial charge in [0.25, 0.3) is 0 Å². The Bertz CT molecular complexity index is 542. The molecule has 4 heteroatoms. The molecule has 0 atom stereocenters. The molecule has 0 unspecified atom stereocenters. The van der Waals surface area contributed by atoms with Crippen molar-refractivity contribution >= 4 is 11.6 Å². The maximum atomic E-state index is 13.0. The minimum absolute atomic E-state index is 0.0655. The molecule has 0 aliphatic carbocycles. The monoisotopic (exact) mass is 279 g/mol. The Morgan fingerprint density at radius 2 is 1.74 bits per heavy atom. The van der Waals surface area contributed by atoms with Gasteiger partial charge < -0.3 is 10.5 Å². The van der Waals surface area contributed by atoms with Gasteiger partial charge in [0, 0.05) is 6.07 Å². The maximum Gasteiger partial charge on any atom is 0.142 e. The Hall–Kier alpha value is -1.58. The summed E-state index contributed by atoms with van der Waals surface area (Å²) in [5, 5.41) is 0.0655. The van der Waals surface area contributed by atoms with E-state index in [4.69, 9.17) is 22.1 Å². The zero-order valence-corrected chi connectivity index (χ0v) is 11.2. The van der Waals surface area contributed by atoms with Crippen molar-refractivity contribution in [2.24, 2.45) is 5.73 Å². The molecule has 0 bridgehead atoms. The maximum absolute atomic E-state index is 13.0. The first-order valence-corrected chi connectivity index (χ1v) is 6.42. The highest BCUT2D eigenvalue weighted by atomic mass is 35.5. The lowest BCUT2D eigenvalue weighted by Gasteiger charge is -2.07. The van der Waals surface area contributed by atoms with E-state index >= 15 is 0 Å². The number of ether oxygens (including phenoxy) is 1. The second kappa shape index (κ2) is 6.55. The standard InChI is InChI=1S/C15H15ClFNO/c16-14-9-13(5-6-15(14)17)19-10-12-3-1-11(2-4-12)7-8-18/h1-6,9H,7-8,10,18H2. The molecule has 0 aromatic heterocycles. The number of rotatable bonds is 5. The molecule has 0 aliphatic heterocycles. The van der Waals surface area contributed by atoms with Crippen LogP contribution in [0, 0.1) is 5.82 Å². The smallest absolute Gasteiger partial charge is 0.142 e. The van der Waals surface area contributed by atoms with Gasteiger partial charge in [-0.3, -0.25) is 0 Å². The van der Waals surface area contributed by atoms with E-state index in [1.807, 2.05) is 24.3 Å². The van der Waals surface area contributed by atoms with Crippen LogP contribution in [-0.4, -0.2) is 6.54 Å². The van der Waals surface area contributed by atoms with E-state index in [0.29, 0.717) is 18.9 Å². The summed E-state index contributed by atoms with van der Waals surface area (Å²) in [6.07, 6.45) is 0.870. The van der Waals surface area contributed by atoms with Crippen molar-refractivity contribution in [1.82, 2.24) is 0 Å². The van der Waals surface area contributed by atoms with Crippen LogP contribution in [0.25, 0.3) is 0 Å². The van der Waals surface area contributed by atoms with Gasteiger partial charge in [0.05, 0.1) is 5.02 Å². The van der Waals surface area contributed by atoms with Crippen LogP contribution in [0.3, 0.4) is 0 Å². The van der Waals surface area contributed by atoms with Crippen LogP contribution in [0.2, 0.25) is 5.02 Å². The van der Waals surface area contributed by atoms with Crippen molar-refractivity contribution < 1.29 is 9.13 Å². The highest BCUT2D eigenvalue weighted by molar-refractivity contribution is 6.30. The van der Waals surface area contributed by atoms with Gasteiger partial charge in [-0.25, -0.2) is 4.39 Å². The molecule has 0 saturated carbocycles. The largest absolute Gasteiger partial charge is 0.489 e. The fourth-order valence-electron chi connectivity index (χ4n) is 1.70. The molecule has 0 saturated heterocycles. The molecule has 0 fully saturated rings. The van der Waals surface area contributed by atoms with Gasteiger partial charge in [0.1, 0.15) is 18.2 Å². The molecule has 2 rings (SSSR count). The average Bonchev–Trinajstić information content (AvgIpc) is 2.42. The molecule has 2 aromatic rings. The number of benzene rings is 2. The van der Waals surface area contributed by atoms with E-state index in [2.05, 4.69) is 0 Å². The zero-order valence-electron chi connectivity index (χ0n) is 10.4. The Labute approximate surface area is 117 Å². The molecular weight excluding hydrogens is 265 g/mol. The molecule has 2 nitrogen and oxygen atoms in total. The van der Waals surface area contributed by atoms with Crippen LogP contribution in [0.4, 0.5) is 4.39 Å². The molecule has 19 heavy (non-hydrogen) atoms. The average molecular weight is 280 g/mol. The summed E-state index contributed by atoms with van der Waals surface area (Å²) >= 11 is 5.68. The van der Waals surface area contributed by atoms with Gasteiger partial charge >= 0.3 is 0 Å². The normalized spacial score (nSPS) is 10.5. The summed E-state index contributed by atoms with van der Waals surface area (Å²) in [7, 11) is 0. The van der Waals surface area contributed by atoms with Gasteiger partial charge in [0.2, 0.25) is 0 Å². The predicted octanol–water partition coefficient (Wildman–Crippen LogP) is 3.56. The Balaban J connectivity index is 1.96. The summed E-state index contributed by atoms with van der Waals surface area (Å²) in [5.74, 6) is 0.109. The molecule has 2 N–H and O–H groups in total. The zero-order chi connectivity index (χ0) is 13.7. The molecule has 0 spiro atoms. The van der Waals surface area contributed by atoms with E-state index < -0.39 is 5.82 Å². The first-order chi connectivity index (χ1) is 9.19. The Morgan fingerprint density at radius 1 is 1.05 bits per heavy atom. The van der Waals surface area contributed by atoms with E-state index in [0.717, 1.165) is 12.0 Å². The van der Waals surface area contributed by atoms with E-state index in [1.165, 1.54) is 17.7 Å². The van der Waals surface area contributed by atoms with Crippen LogP contribution in [0.5, 0.6) is 5.75 Å². The van der Waals surface area contributed by atoms with Crippen molar-refractivity contribution in [3.8, 4) is 5.75 Å². The van der Waals surface area contributed by atoms with Crippen LogP contribution in [0.15, 0.2) is 42.5 Å². The molecule has 0 radical (unpaired) electrons. The number of hydrogen-bond donors (Lipinski definition) is 1. The third-order valence-corrected chi connectivity index (χ3v) is 3.04. The van der Waals surface area contributed by atoms with E-state index in [9.17, 15) is 4.39 Å². The Morgan fingerprint density at radius 3 is 2.37 bits per heavy atom. The summed E-state index contributed by atoms with van der Waals surface area (Å²) in [6.45, 7) is 1.06. The first kappa shape index (κ1) is 13.8. The van der Waals surface area contributed by atoms with Gasteiger partial charge in [-0.05, 0) is 36.2 Å². The fraction of sp³-hybridized carbons (Fsp3) is 0.200.